The minimum Gasteiger partial charge on any atom is -0.504 e. The van der Waals surface area contributed by atoms with Gasteiger partial charge in [0.2, 0.25) is 0 Å². The van der Waals surface area contributed by atoms with Crippen molar-refractivity contribution in [1.29, 1.82) is 0 Å². The minimum absolute atomic E-state index is 0.0106. The van der Waals surface area contributed by atoms with E-state index < -0.39 is 18.1 Å². The van der Waals surface area contributed by atoms with Crippen LogP contribution in [0.3, 0.4) is 0 Å². The van der Waals surface area contributed by atoms with Gasteiger partial charge in [-0.2, -0.15) is 0 Å². The molecule has 1 aromatic heterocycles. The second kappa shape index (κ2) is 20.8. The number of Topliss-reactive ketones (excluding diaryl/α,β-unsaturated/α-hetero) is 2. The van der Waals surface area contributed by atoms with Crippen LogP contribution in [-0.2, 0) is 28.9 Å². The van der Waals surface area contributed by atoms with Crippen LogP contribution in [0.5, 0.6) is 11.5 Å². The van der Waals surface area contributed by atoms with Crippen molar-refractivity contribution >= 4 is 23.6 Å². The molecule has 314 valence electrons. The van der Waals surface area contributed by atoms with E-state index in [1.807, 2.05) is 18.5 Å². The number of nitrogens with zero attached hydrogens (tertiary/aromatic N) is 2. The van der Waals surface area contributed by atoms with Crippen molar-refractivity contribution < 1.29 is 29.6 Å². The highest BCUT2D eigenvalue weighted by Crippen LogP contribution is 2.38. The Bertz CT molecular complexity index is 1860. The van der Waals surface area contributed by atoms with Gasteiger partial charge in [0.15, 0.2) is 17.3 Å². The third kappa shape index (κ3) is 11.8. The molecule has 2 aromatic rings. The number of fused-ring (bicyclic) bond motifs is 2. The number of aliphatic imine (C=N–C) groups is 1. The summed E-state index contributed by atoms with van der Waals surface area (Å²) in [5.41, 5.74) is 11.3. The van der Waals surface area contributed by atoms with E-state index in [0.717, 1.165) is 85.7 Å². The number of pyridine rings is 1. The number of ether oxygens (including phenoxy) is 1. The van der Waals surface area contributed by atoms with Gasteiger partial charge >= 0.3 is 0 Å². The number of nitrogens with one attached hydrogen (secondary N) is 1. The van der Waals surface area contributed by atoms with Gasteiger partial charge in [-0.1, -0.05) is 51.0 Å². The number of unbranched alkanes of at least 4 members (excludes halogenated alkanes) is 1. The molecule has 10 heteroatoms. The fourth-order valence-corrected chi connectivity index (χ4v) is 9.67. The molecule has 10 nitrogen and oxygen atoms in total. The molecular formula is C48H66N4O6. The summed E-state index contributed by atoms with van der Waals surface area (Å²) in [7, 11) is 1.51. The zero-order valence-electron chi connectivity index (χ0n) is 34.9. The number of carbonyl (C=O) groups excluding carboxylic acids is 2. The minimum atomic E-state index is -0.873. The van der Waals surface area contributed by atoms with Crippen LogP contribution in [0, 0.1) is 41.4 Å². The Kier molecular flexibility index (Phi) is 15.6. The van der Waals surface area contributed by atoms with Crippen molar-refractivity contribution in [3.63, 3.8) is 0 Å². The van der Waals surface area contributed by atoms with Gasteiger partial charge in [-0.15, -0.1) is 0 Å². The molecular weight excluding hydrogens is 729 g/mol. The van der Waals surface area contributed by atoms with Crippen LogP contribution in [0.15, 0.2) is 41.0 Å². The lowest BCUT2D eigenvalue weighted by molar-refractivity contribution is -0.124. The summed E-state index contributed by atoms with van der Waals surface area (Å²) in [5.74, 6) is 8.17. The topological polar surface area (TPSA) is 167 Å². The van der Waals surface area contributed by atoms with Crippen LogP contribution in [0.1, 0.15) is 125 Å². The molecule has 2 aliphatic heterocycles. The van der Waals surface area contributed by atoms with Gasteiger partial charge in [-0.05, 0) is 134 Å². The number of phenolic OH excluding ortho intramolecular Hbond substituents is 1. The monoisotopic (exact) mass is 794 g/mol. The molecule has 0 spiro atoms. The summed E-state index contributed by atoms with van der Waals surface area (Å²) in [6.45, 7) is 6.03. The van der Waals surface area contributed by atoms with Gasteiger partial charge in [0.25, 0.3) is 0 Å². The maximum absolute atomic E-state index is 13.7. The van der Waals surface area contributed by atoms with Crippen molar-refractivity contribution in [2.75, 3.05) is 25.9 Å². The van der Waals surface area contributed by atoms with E-state index in [1.54, 1.807) is 12.1 Å². The van der Waals surface area contributed by atoms with Crippen molar-refractivity contribution in [2.45, 2.75) is 141 Å². The molecule has 1 saturated heterocycles. The predicted octanol–water partition coefficient (Wildman–Crippen LogP) is 6.85. The summed E-state index contributed by atoms with van der Waals surface area (Å²) >= 11 is 0. The van der Waals surface area contributed by atoms with E-state index in [-0.39, 0.29) is 29.8 Å². The number of aliphatic hydroxyl groups is 2. The number of hydrogen-bond donors (Lipinski definition) is 5. The number of carbonyl (C=O) groups is 2. The summed E-state index contributed by atoms with van der Waals surface area (Å²) in [6, 6.07) is 5.79. The SMILES string of the molecule is COc1cc2c(cc1O)[C@H](CC[C@H](O)[C@H](CCC(C)C)Cc1cc(N)ncc1CC1=CCN=C1)C#C[C@H]([C@H](O)CCCC[C@@H]1CN[C@@H]3CC(=O)CC[C@@H]3C1)C(=O)CC2. The lowest BCUT2D eigenvalue weighted by Crippen LogP contribution is -2.48. The molecule has 2 aliphatic carbocycles. The maximum Gasteiger partial charge on any atom is 0.160 e. The van der Waals surface area contributed by atoms with Gasteiger partial charge in [-0.3, -0.25) is 14.6 Å². The van der Waals surface area contributed by atoms with Crippen LogP contribution < -0.4 is 15.8 Å². The van der Waals surface area contributed by atoms with Gasteiger partial charge < -0.3 is 31.1 Å². The number of rotatable bonds is 18. The number of methoxy groups -OCH3 is 1. The summed E-state index contributed by atoms with van der Waals surface area (Å²) < 4.78 is 5.46. The number of nitrogen functional groups attached to an aromatic ring is 1. The van der Waals surface area contributed by atoms with Crippen LogP contribution in [0.25, 0.3) is 0 Å². The third-order valence-electron chi connectivity index (χ3n) is 13.2. The first-order valence-corrected chi connectivity index (χ1v) is 21.9. The Balaban J connectivity index is 1.14. The van der Waals surface area contributed by atoms with Crippen molar-refractivity contribution in [1.82, 2.24) is 10.3 Å². The van der Waals surface area contributed by atoms with Crippen LogP contribution in [0.4, 0.5) is 5.82 Å². The molecule has 3 heterocycles. The predicted molar refractivity (Wildman–Crippen MR) is 229 cm³/mol. The average Bonchev–Trinajstić information content (AvgIpc) is 3.74. The number of aryl methyl sites for hydroxylation is 1. The van der Waals surface area contributed by atoms with E-state index in [4.69, 9.17) is 10.5 Å². The van der Waals surface area contributed by atoms with Gasteiger partial charge in [0.1, 0.15) is 17.5 Å². The molecule has 1 aromatic carbocycles. The second-order valence-corrected chi connectivity index (χ2v) is 17.9. The van der Waals surface area contributed by atoms with Crippen LogP contribution in [0.2, 0.25) is 0 Å². The van der Waals surface area contributed by atoms with Gasteiger partial charge in [0, 0.05) is 50.1 Å². The number of aromatic hydroxyl groups is 1. The Morgan fingerprint density at radius 1 is 1.00 bits per heavy atom. The first-order chi connectivity index (χ1) is 28.0. The zero-order valence-corrected chi connectivity index (χ0v) is 34.9. The molecule has 0 unspecified atom stereocenters. The number of ketones is 2. The third-order valence-corrected chi connectivity index (χ3v) is 13.2. The Morgan fingerprint density at radius 2 is 1.84 bits per heavy atom. The highest BCUT2D eigenvalue weighted by atomic mass is 16.5. The largest absolute Gasteiger partial charge is 0.504 e. The van der Waals surface area contributed by atoms with E-state index in [0.29, 0.717) is 92.6 Å². The lowest BCUT2D eigenvalue weighted by Gasteiger charge is -2.39. The number of piperidine rings is 1. The number of benzene rings is 1. The molecule has 0 radical (unpaired) electrons. The summed E-state index contributed by atoms with van der Waals surface area (Å²) in [4.78, 5) is 34.4. The van der Waals surface area contributed by atoms with E-state index in [2.05, 4.69) is 47.1 Å². The Labute approximate surface area is 345 Å². The molecule has 6 rings (SSSR count). The average molecular weight is 795 g/mol. The maximum atomic E-state index is 13.7. The Morgan fingerprint density at radius 3 is 2.62 bits per heavy atom. The standard InChI is InChI=1S/C48H66N4O6/c1-30(2)8-9-36(22-37-24-48(49)52-29-38(37)21-32-18-19-50-27-32)43(54)16-12-33-11-15-40(45(56)17-13-34-23-47(58-3)46(57)26-41(33)34)44(55)7-5-4-6-31-20-35-10-14-39(53)25-42(35)51-28-31/h18,23-24,26-27,29-31,33,35-36,40,42-44,51,54-55,57H,4-10,12-14,16-17,19-22,25,28H2,1-3H3,(H2,49,52)/t31-,33-,35+,36+,40+,42+,43-,44+/m0/s1. The molecule has 0 amide bonds. The van der Waals surface area contributed by atoms with Crippen LogP contribution in [-0.4, -0.2) is 76.5 Å². The molecule has 0 bridgehead atoms. The van der Waals surface area contributed by atoms with E-state index in [1.165, 1.54) is 7.11 Å². The van der Waals surface area contributed by atoms with Gasteiger partial charge in [0.05, 0.1) is 25.9 Å². The number of hydrogen-bond acceptors (Lipinski definition) is 10. The van der Waals surface area contributed by atoms with Gasteiger partial charge in [-0.25, -0.2) is 4.98 Å². The normalized spacial score (nSPS) is 24.7. The summed E-state index contributed by atoms with van der Waals surface area (Å²) in [5, 5.41) is 38.0. The number of phenols is 1. The number of allylic oxidation sites excluding steroid dienone is 1. The fraction of sp³-hybridized carbons (Fsp3) is 0.625. The van der Waals surface area contributed by atoms with Crippen LogP contribution >= 0.6 is 0 Å². The number of aromatic nitrogens is 1. The number of nitrogens with two attached hydrogens (primary N) is 1. The second-order valence-electron chi connectivity index (χ2n) is 17.9. The molecule has 58 heavy (non-hydrogen) atoms. The zero-order chi connectivity index (χ0) is 41.2. The highest BCUT2D eigenvalue weighted by molar-refractivity contribution is 5.85. The quantitative estimate of drug-likeness (QED) is 0.0801. The molecule has 2 fully saturated rings. The fourth-order valence-electron chi connectivity index (χ4n) is 9.67. The smallest absolute Gasteiger partial charge is 0.160 e. The molecule has 8 atom stereocenters. The first kappa shape index (κ1) is 43.5. The molecule has 1 saturated carbocycles. The van der Waals surface area contributed by atoms with E-state index >= 15 is 0 Å². The summed E-state index contributed by atoms with van der Waals surface area (Å²) in [6.07, 6.45) is 16.1. The van der Waals surface area contributed by atoms with E-state index in [9.17, 15) is 24.9 Å². The number of anilines is 1. The lowest BCUT2D eigenvalue weighted by atomic mass is 9.74. The van der Waals surface area contributed by atoms with Crippen molar-refractivity contribution in [2.24, 2.45) is 34.6 Å². The van der Waals surface area contributed by atoms with Crippen molar-refractivity contribution in [3.05, 3.63) is 58.3 Å². The first-order valence-electron chi connectivity index (χ1n) is 21.9. The molecule has 4 aliphatic rings. The Hall–Kier alpha value is -4.04. The number of aliphatic hydroxyl groups excluding tert-OH is 2. The highest BCUT2D eigenvalue weighted by Gasteiger charge is 2.35. The molecule has 6 N–H and O–H groups in total. The van der Waals surface area contributed by atoms with Crippen molar-refractivity contribution in [3.8, 4) is 23.3 Å².